The van der Waals surface area contributed by atoms with Crippen LogP contribution in [0.1, 0.15) is 36.4 Å². The lowest BCUT2D eigenvalue weighted by Gasteiger charge is -2.20. The number of carbonyl (C=O) groups is 4. The van der Waals surface area contributed by atoms with Gasteiger partial charge >= 0.3 is 23.8 Å². The number of carbonyl (C=O) groups excluding carboxylic acids is 4. The van der Waals surface area contributed by atoms with Gasteiger partial charge in [0.05, 0.1) is 23.9 Å². The number of anilines is 1. The SMILES string of the molecule is Cc1ccnc(NCCCC(=O)NCC(=O)NC(CC(=O)OC(=O)C(F)(F)F)c2cc(Br)cc([N+](=O)[O-])c2O)c1. The summed E-state index contributed by atoms with van der Waals surface area (Å²) in [5, 5.41) is 29.1. The number of amides is 2. The first-order valence-corrected chi connectivity index (χ1v) is 12.2. The molecule has 1 atom stereocenters. The Morgan fingerprint density at radius 1 is 1.20 bits per heavy atom. The van der Waals surface area contributed by atoms with Gasteiger partial charge < -0.3 is 25.8 Å². The number of aryl methyl sites for hydroxylation is 1. The van der Waals surface area contributed by atoms with E-state index in [0.29, 0.717) is 18.8 Å². The van der Waals surface area contributed by atoms with Crippen molar-refractivity contribution >= 4 is 51.2 Å². The van der Waals surface area contributed by atoms with E-state index in [0.717, 1.165) is 17.7 Å². The van der Waals surface area contributed by atoms with Gasteiger partial charge in [-0.05, 0) is 37.1 Å². The van der Waals surface area contributed by atoms with Crippen molar-refractivity contribution in [2.45, 2.75) is 38.4 Å². The fraction of sp³-hybridized carbons (Fsp3) is 0.348. The Hall–Kier alpha value is -4.28. The Morgan fingerprint density at radius 3 is 2.52 bits per heavy atom. The molecule has 1 aromatic carbocycles. The summed E-state index contributed by atoms with van der Waals surface area (Å²) in [7, 11) is 0. The van der Waals surface area contributed by atoms with Crippen molar-refractivity contribution in [1.82, 2.24) is 15.6 Å². The standard InChI is InChI=1S/C23H23BrF3N5O8/c1-12-4-6-29-17(7-12)28-5-2-3-18(33)30-11-19(34)31-15(10-20(35)40-22(37)23(25,26)27)14-8-13(24)9-16(21(14)36)32(38)39/h4,6-9,15,36H,2-3,5,10-11H2,1H3,(H,28,29)(H,30,33)(H,31,34). The summed E-state index contributed by atoms with van der Waals surface area (Å²) in [6.07, 6.45) is -4.60. The van der Waals surface area contributed by atoms with Crippen LogP contribution in [0.5, 0.6) is 5.75 Å². The highest BCUT2D eigenvalue weighted by atomic mass is 79.9. The first-order chi connectivity index (χ1) is 18.7. The predicted octanol–water partition coefficient (Wildman–Crippen LogP) is 2.95. The lowest BCUT2D eigenvalue weighted by atomic mass is 10.0. The van der Waals surface area contributed by atoms with Gasteiger partial charge in [-0.3, -0.25) is 24.5 Å². The fourth-order valence-corrected chi connectivity index (χ4v) is 3.69. The van der Waals surface area contributed by atoms with Crippen molar-refractivity contribution < 1.29 is 47.1 Å². The van der Waals surface area contributed by atoms with Gasteiger partial charge in [-0.2, -0.15) is 13.2 Å². The molecule has 1 aromatic heterocycles. The first-order valence-electron chi connectivity index (χ1n) is 11.4. The minimum atomic E-state index is -5.48. The van der Waals surface area contributed by atoms with Crippen molar-refractivity contribution in [1.29, 1.82) is 0 Å². The summed E-state index contributed by atoms with van der Waals surface area (Å²) in [4.78, 5) is 62.0. The van der Waals surface area contributed by atoms with Crippen LogP contribution in [-0.2, 0) is 23.9 Å². The summed E-state index contributed by atoms with van der Waals surface area (Å²) in [6.45, 7) is 1.65. The number of phenols is 1. The second-order valence-electron chi connectivity index (χ2n) is 8.23. The average Bonchev–Trinajstić information content (AvgIpc) is 2.85. The van der Waals surface area contributed by atoms with E-state index >= 15 is 0 Å². The molecule has 0 aliphatic rings. The van der Waals surface area contributed by atoms with Gasteiger partial charge in [0, 0.05) is 35.3 Å². The number of nitro benzene ring substituents is 1. The van der Waals surface area contributed by atoms with Gasteiger partial charge in [0.2, 0.25) is 11.8 Å². The third-order valence-corrected chi connectivity index (χ3v) is 5.51. The van der Waals surface area contributed by atoms with Crippen molar-refractivity contribution in [3.63, 3.8) is 0 Å². The average molecular weight is 634 g/mol. The van der Waals surface area contributed by atoms with E-state index in [1.54, 1.807) is 6.20 Å². The number of nitrogens with one attached hydrogen (secondary N) is 3. The molecular formula is C23H23BrF3N5O8. The van der Waals surface area contributed by atoms with E-state index in [1.165, 1.54) is 0 Å². The van der Waals surface area contributed by atoms with E-state index in [4.69, 9.17) is 0 Å². The highest BCUT2D eigenvalue weighted by Gasteiger charge is 2.43. The van der Waals surface area contributed by atoms with Crippen molar-refractivity contribution in [3.8, 4) is 5.75 Å². The number of aromatic nitrogens is 1. The quantitative estimate of drug-likeness (QED) is 0.0888. The third kappa shape index (κ3) is 10.1. The number of hydrogen-bond acceptors (Lipinski definition) is 10. The summed E-state index contributed by atoms with van der Waals surface area (Å²) in [6, 6.07) is 3.93. The van der Waals surface area contributed by atoms with Crippen LogP contribution >= 0.6 is 15.9 Å². The van der Waals surface area contributed by atoms with Gasteiger partial charge in [-0.25, -0.2) is 9.78 Å². The third-order valence-electron chi connectivity index (χ3n) is 5.05. The van der Waals surface area contributed by atoms with Crippen LogP contribution in [-0.4, -0.2) is 58.0 Å². The second-order valence-corrected chi connectivity index (χ2v) is 9.14. The summed E-state index contributed by atoms with van der Waals surface area (Å²) in [5.74, 6) is -6.41. The number of esters is 2. The largest absolute Gasteiger partial charge is 0.502 e. The highest BCUT2D eigenvalue weighted by Crippen LogP contribution is 2.38. The number of rotatable bonds is 12. The normalized spacial score (nSPS) is 11.7. The number of halogens is 4. The van der Waals surface area contributed by atoms with Gasteiger partial charge in [-0.15, -0.1) is 0 Å². The molecule has 0 aliphatic heterocycles. The molecule has 0 radical (unpaired) electrons. The molecule has 40 heavy (non-hydrogen) atoms. The molecule has 2 aromatic rings. The molecule has 0 aliphatic carbocycles. The lowest BCUT2D eigenvalue weighted by molar-refractivity contribution is -0.386. The highest BCUT2D eigenvalue weighted by molar-refractivity contribution is 9.10. The topological polar surface area (TPSA) is 190 Å². The Bertz CT molecular complexity index is 1290. The van der Waals surface area contributed by atoms with Gasteiger partial charge in [0.1, 0.15) is 5.82 Å². The van der Waals surface area contributed by atoms with Crippen LogP contribution < -0.4 is 16.0 Å². The smallest absolute Gasteiger partial charge is 0.491 e. The minimum absolute atomic E-state index is 0.0139. The zero-order chi connectivity index (χ0) is 30.0. The fourth-order valence-electron chi connectivity index (χ4n) is 3.23. The summed E-state index contributed by atoms with van der Waals surface area (Å²) in [5.41, 5.74) is -0.287. The molecule has 2 amide bonds. The van der Waals surface area contributed by atoms with E-state index in [9.17, 15) is 47.6 Å². The van der Waals surface area contributed by atoms with Crippen LogP contribution in [0.2, 0.25) is 0 Å². The number of alkyl halides is 3. The Labute approximate surface area is 232 Å². The van der Waals surface area contributed by atoms with Crippen molar-refractivity contribution in [3.05, 3.63) is 56.2 Å². The summed E-state index contributed by atoms with van der Waals surface area (Å²) >= 11 is 2.97. The molecule has 216 valence electrons. The second kappa shape index (κ2) is 14.2. The molecule has 1 heterocycles. The predicted molar refractivity (Wildman–Crippen MR) is 135 cm³/mol. The number of benzene rings is 1. The Kier molecular flexibility index (Phi) is 11.3. The maximum absolute atomic E-state index is 12.5. The Balaban J connectivity index is 2.03. The molecule has 0 saturated carbocycles. The number of pyridine rings is 1. The van der Waals surface area contributed by atoms with E-state index in [2.05, 4.69) is 41.6 Å². The molecule has 1 unspecified atom stereocenters. The molecule has 17 heteroatoms. The maximum Gasteiger partial charge on any atom is 0.491 e. The molecule has 0 fully saturated rings. The number of nitrogens with zero attached hydrogens (tertiary/aromatic N) is 2. The van der Waals surface area contributed by atoms with E-state index in [-0.39, 0.29) is 10.9 Å². The molecule has 0 bridgehead atoms. The van der Waals surface area contributed by atoms with Crippen LogP contribution in [0.4, 0.5) is 24.7 Å². The van der Waals surface area contributed by atoms with Crippen LogP contribution in [0.3, 0.4) is 0 Å². The zero-order valence-electron chi connectivity index (χ0n) is 20.7. The minimum Gasteiger partial charge on any atom is -0.502 e. The molecule has 0 saturated heterocycles. The van der Waals surface area contributed by atoms with E-state index < -0.39 is 70.9 Å². The molecule has 0 spiro atoms. The monoisotopic (exact) mass is 633 g/mol. The number of ether oxygens (including phenoxy) is 1. The van der Waals surface area contributed by atoms with E-state index in [1.807, 2.05) is 19.1 Å². The number of nitro groups is 1. The van der Waals surface area contributed by atoms with Crippen molar-refractivity contribution in [2.75, 3.05) is 18.4 Å². The van der Waals surface area contributed by atoms with Crippen LogP contribution in [0.25, 0.3) is 0 Å². The summed E-state index contributed by atoms with van der Waals surface area (Å²) < 4.78 is 41.1. The molecule has 13 nitrogen and oxygen atoms in total. The molecule has 2 rings (SSSR count). The zero-order valence-corrected chi connectivity index (χ0v) is 22.3. The lowest BCUT2D eigenvalue weighted by Crippen LogP contribution is -2.39. The van der Waals surface area contributed by atoms with Crippen LogP contribution in [0, 0.1) is 17.0 Å². The number of phenolic OH excluding ortho intramolecular Hbond substituents is 1. The van der Waals surface area contributed by atoms with Crippen molar-refractivity contribution in [2.24, 2.45) is 0 Å². The molecular weight excluding hydrogens is 611 g/mol. The van der Waals surface area contributed by atoms with Gasteiger partial charge in [-0.1, -0.05) is 15.9 Å². The first kappa shape index (κ1) is 31.9. The van der Waals surface area contributed by atoms with Gasteiger partial charge in [0.25, 0.3) is 0 Å². The van der Waals surface area contributed by atoms with Crippen LogP contribution in [0.15, 0.2) is 34.9 Å². The number of hydrogen-bond donors (Lipinski definition) is 4. The van der Waals surface area contributed by atoms with Gasteiger partial charge in [0.15, 0.2) is 5.75 Å². The molecule has 4 N–H and O–H groups in total. The Morgan fingerprint density at radius 2 is 1.90 bits per heavy atom. The maximum atomic E-state index is 12.5. The number of aromatic hydroxyl groups is 1.